The molecule has 3 aliphatic rings. The maximum atomic E-state index is 12.6. The molecule has 12 heteroatoms. The molecular weight excluding hydrogens is 544 g/mol. The minimum atomic E-state index is -0.663. The fourth-order valence-electron chi connectivity index (χ4n) is 6.23. The van der Waals surface area contributed by atoms with Gasteiger partial charge >= 0.3 is 0 Å². The third-order valence-corrected chi connectivity index (χ3v) is 8.85. The van der Waals surface area contributed by atoms with Gasteiger partial charge in [0, 0.05) is 80.0 Å². The average Bonchev–Trinajstić information content (AvgIpc) is 3.49. The highest BCUT2D eigenvalue weighted by Crippen LogP contribution is 2.34. The van der Waals surface area contributed by atoms with E-state index in [0.717, 1.165) is 48.3 Å². The number of nitrogens with zero attached hydrogens (tertiary/aromatic N) is 6. The maximum absolute atomic E-state index is 12.6. The van der Waals surface area contributed by atoms with Crippen LogP contribution < -0.4 is 21.3 Å². The van der Waals surface area contributed by atoms with E-state index in [4.69, 9.17) is 20.4 Å². The lowest BCUT2D eigenvalue weighted by Crippen LogP contribution is -2.52. The molecule has 3 saturated heterocycles. The lowest BCUT2D eigenvalue weighted by Gasteiger charge is -2.42. The zero-order valence-corrected chi connectivity index (χ0v) is 24.4. The van der Waals surface area contributed by atoms with Crippen molar-refractivity contribution in [3.8, 4) is 11.3 Å². The van der Waals surface area contributed by atoms with Crippen LogP contribution in [0.15, 0.2) is 48.9 Å². The summed E-state index contributed by atoms with van der Waals surface area (Å²) < 4.78 is 5.37. The highest BCUT2D eigenvalue weighted by Gasteiger charge is 2.28. The van der Waals surface area contributed by atoms with E-state index in [2.05, 4.69) is 54.5 Å². The summed E-state index contributed by atoms with van der Waals surface area (Å²) in [5.41, 5.74) is 10.0. The van der Waals surface area contributed by atoms with Gasteiger partial charge in [-0.05, 0) is 50.2 Å². The molecule has 3 aromatic heterocycles. The van der Waals surface area contributed by atoms with Crippen molar-refractivity contribution >= 4 is 39.8 Å². The number of piperidine rings is 1. The molecule has 0 atom stereocenters. The van der Waals surface area contributed by atoms with Crippen molar-refractivity contribution in [1.82, 2.24) is 29.7 Å². The second-order valence-corrected chi connectivity index (χ2v) is 11.7. The Balaban J connectivity index is 1.11. The fourth-order valence-corrected chi connectivity index (χ4v) is 6.23. The standard InChI is InChI=1S/C31H38N10O2/c1-39-12-14-41(15-13-39)23-7-10-40(11-8-23)22-4-2-20(3-5-22)35-31-28(29(32)42)37-27(30(38-31)36-21-18-43-19-21)25-16-33-17-26-24(25)6-9-34-26/h2-6,9,16-17,21,23,34H,7-8,10-15,18-19H2,1H3,(H2,32,42)(H2,35,36,38). The van der Waals surface area contributed by atoms with Crippen molar-refractivity contribution in [2.45, 2.75) is 24.9 Å². The number of nitrogens with one attached hydrogen (secondary N) is 3. The Morgan fingerprint density at radius 2 is 1.74 bits per heavy atom. The molecular formula is C31H38N10O2. The molecule has 3 aliphatic heterocycles. The number of benzene rings is 1. The zero-order valence-electron chi connectivity index (χ0n) is 24.4. The third kappa shape index (κ3) is 5.73. The minimum absolute atomic E-state index is 0.0630. The van der Waals surface area contributed by atoms with E-state index in [9.17, 15) is 4.79 Å². The highest BCUT2D eigenvalue weighted by atomic mass is 16.5. The largest absolute Gasteiger partial charge is 0.377 e. The first-order valence-electron chi connectivity index (χ1n) is 15.0. The van der Waals surface area contributed by atoms with Crippen LogP contribution in [-0.4, -0.2) is 107 Å². The van der Waals surface area contributed by atoms with E-state index in [0.29, 0.717) is 36.6 Å². The lowest BCUT2D eigenvalue weighted by molar-refractivity contribution is 0.0209. The number of nitrogens with two attached hydrogens (primary N) is 1. The van der Waals surface area contributed by atoms with Gasteiger partial charge in [0.05, 0.1) is 31.0 Å². The summed E-state index contributed by atoms with van der Waals surface area (Å²) in [6, 6.07) is 11.0. The number of hydrogen-bond acceptors (Lipinski definition) is 10. The summed E-state index contributed by atoms with van der Waals surface area (Å²) in [6.07, 6.45) is 7.69. The Bertz CT molecular complexity index is 1590. The summed E-state index contributed by atoms with van der Waals surface area (Å²) >= 11 is 0. The number of anilines is 4. The highest BCUT2D eigenvalue weighted by molar-refractivity contribution is 6.00. The summed E-state index contributed by atoms with van der Waals surface area (Å²) in [5, 5.41) is 7.66. The van der Waals surface area contributed by atoms with Gasteiger partial charge in [-0.15, -0.1) is 0 Å². The van der Waals surface area contributed by atoms with Gasteiger partial charge in [-0.2, -0.15) is 0 Å². The maximum Gasteiger partial charge on any atom is 0.271 e. The number of likely N-dealkylation sites (N-methyl/N-ethyl adjacent to an activating group) is 1. The Morgan fingerprint density at radius 1 is 0.977 bits per heavy atom. The summed E-state index contributed by atoms with van der Waals surface area (Å²) in [4.78, 5) is 37.3. The number of piperazine rings is 1. The van der Waals surface area contributed by atoms with E-state index in [1.165, 1.54) is 31.6 Å². The minimum Gasteiger partial charge on any atom is -0.377 e. The number of rotatable bonds is 8. The topological polar surface area (TPSA) is 141 Å². The Hall–Kier alpha value is -4.26. The summed E-state index contributed by atoms with van der Waals surface area (Å²) in [5.74, 6) is 0.175. The van der Waals surface area contributed by atoms with Gasteiger partial charge in [0.1, 0.15) is 5.69 Å². The average molecular weight is 583 g/mol. The van der Waals surface area contributed by atoms with Crippen molar-refractivity contribution < 1.29 is 9.53 Å². The van der Waals surface area contributed by atoms with E-state index < -0.39 is 5.91 Å². The number of hydrogen-bond donors (Lipinski definition) is 4. The van der Waals surface area contributed by atoms with Crippen LogP contribution in [0.2, 0.25) is 0 Å². The number of carbonyl (C=O) groups is 1. The number of carbonyl (C=O) groups excluding carboxylic acids is 1. The Labute approximate surface area is 250 Å². The van der Waals surface area contributed by atoms with Crippen molar-refractivity contribution in [1.29, 1.82) is 0 Å². The van der Waals surface area contributed by atoms with Gasteiger partial charge in [-0.3, -0.25) is 14.7 Å². The first-order chi connectivity index (χ1) is 21.0. The molecule has 7 rings (SSSR count). The smallest absolute Gasteiger partial charge is 0.271 e. The van der Waals surface area contributed by atoms with Crippen LogP contribution in [0.4, 0.5) is 23.0 Å². The van der Waals surface area contributed by atoms with Gasteiger partial charge < -0.3 is 35.9 Å². The lowest BCUT2D eigenvalue weighted by atomic mass is 10.0. The van der Waals surface area contributed by atoms with E-state index in [1.807, 2.05) is 24.4 Å². The van der Waals surface area contributed by atoms with Crippen LogP contribution in [-0.2, 0) is 4.74 Å². The summed E-state index contributed by atoms with van der Waals surface area (Å²) in [6.45, 7) is 7.89. The Morgan fingerprint density at radius 3 is 2.44 bits per heavy atom. The molecule has 0 bridgehead atoms. The number of pyridine rings is 1. The molecule has 6 heterocycles. The molecule has 5 N–H and O–H groups in total. The SMILES string of the molecule is CN1CCN(C2CCN(c3ccc(Nc4nc(NC5COC5)c(-c5cncc6[nH]ccc56)nc4C(N)=O)cc3)CC2)CC1. The number of aromatic nitrogens is 4. The number of H-pyrrole nitrogens is 1. The van der Waals surface area contributed by atoms with Crippen LogP contribution in [0.1, 0.15) is 23.3 Å². The monoisotopic (exact) mass is 582 g/mol. The quantitative estimate of drug-likeness (QED) is 0.245. The van der Waals surface area contributed by atoms with E-state index >= 15 is 0 Å². The second kappa shape index (κ2) is 11.8. The molecule has 0 saturated carbocycles. The van der Waals surface area contributed by atoms with Gasteiger partial charge in [0.15, 0.2) is 17.3 Å². The van der Waals surface area contributed by atoms with Gasteiger partial charge in [-0.25, -0.2) is 9.97 Å². The molecule has 224 valence electrons. The predicted octanol–water partition coefficient (Wildman–Crippen LogP) is 2.89. The third-order valence-electron chi connectivity index (χ3n) is 8.85. The molecule has 43 heavy (non-hydrogen) atoms. The van der Waals surface area contributed by atoms with Crippen molar-refractivity contribution in [2.75, 3.05) is 75.1 Å². The first-order valence-corrected chi connectivity index (χ1v) is 15.0. The van der Waals surface area contributed by atoms with Crippen molar-refractivity contribution in [2.24, 2.45) is 5.73 Å². The molecule has 1 amide bonds. The number of amides is 1. The normalized spacial score (nSPS) is 19.0. The molecule has 0 unspecified atom stereocenters. The first kappa shape index (κ1) is 27.6. The van der Waals surface area contributed by atoms with Crippen LogP contribution in [0.5, 0.6) is 0 Å². The van der Waals surface area contributed by atoms with Crippen LogP contribution >= 0.6 is 0 Å². The Kier molecular flexibility index (Phi) is 7.56. The van der Waals surface area contributed by atoms with Gasteiger partial charge in [-0.1, -0.05) is 0 Å². The number of ether oxygens (including phenoxy) is 1. The second-order valence-electron chi connectivity index (χ2n) is 11.7. The molecule has 12 nitrogen and oxygen atoms in total. The van der Waals surface area contributed by atoms with Crippen molar-refractivity contribution in [3.63, 3.8) is 0 Å². The molecule has 0 radical (unpaired) electrons. The number of fused-ring (bicyclic) bond motifs is 1. The fraction of sp³-hybridized carbons (Fsp3) is 0.419. The predicted molar refractivity (Wildman–Crippen MR) is 168 cm³/mol. The summed E-state index contributed by atoms with van der Waals surface area (Å²) in [7, 11) is 2.21. The van der Waals surface area contributed by atoms with Crippen LogP contribution in [0.25, 0.3) is 22.2 Å². The molecule has 0 spiro atoms. The molecule has 0 aliphatic carbocycles. The zero-order chi connectivity index (χ0) is 29.3. The van der Waals surface area contributed by atoms with Crippen molar-refractivity contribution in [3.05, 3.63) is 54.6 Å². The molecule has 4 aromatic rings. The van der Waals surface area contributed by atoms with Crippen LogP contribution in [0.3, 0.4) is 0 Å². The van der Waals surface area contributed by atoms with E-state index in [-0.39, 0.29) is 11.7 Å². The van der Waals surface area contributed by atoms with Crippen LogP contribution in [0, 0.1) is 0 Å². The molecule has 1 aromatic carbocycles. The molecule has 3 fully saturated rings. The number of primary amides is 1. The van der Waals surface area contributed by atoms with Gasteiger partial charge in [0.2, 0.25) is 0 Å². The van der Waals surface area contributed by atoms with Gasteiger partial charge in [0.25, 0.3) is 5.91 Å². The number of aromatic amines is 1. The van der Waals surface area contributed by atoms with E-state index in [1.54, 1.807) is 12.4 Å².